The average Bonchev–Trinajstić information content (AvgIpc) is 2.56. The van der Waals surface area contributed by atoms with Crippen LogP contribution in [0.1, 0.15) is 64.7 Å². The van der Waals surface area contributed by atoms with E-state index in [1.165, 1.54) is 64.2 Å². The average molecular weight is 318 g/mol. The van der Waals surface area contributed by atoms with Gasteiger partial charge in [0, 0.05) is 5.54 Å². The summed E-state index contributed by atoms with van der Waals surface area (Å²) >= 11 is 0. The molecule has 0 aliphatic heterocycles. The zero-order valence-electron chi connectivity index (χ0n) is 16.1. The van der Waals surface area contributed by atoms with E-state index in [9.17, 15) is 0 Å². The molecular formula is C20H39BN2. The van der Waals surface area contributed by atoms with Gasteiger partial charge in [-0.2, -0.15) is 0 Å². The summed E-state index contributed by atoms with van der Waals surface area (Å²) < 4.78 is 0. The van der Waals surface area contributed by atoms with Crippen LogP contribution in [0, 0.1) is 5.92 Å². The van der Waals surface area contributed by atoms with E-state index in [4.69, 9.17) is 0 Å². The first-order chi connectivity index (χ1) is 11.0. The zero-order valence-corrected chi connectivity index (χ0v) is 16.1. The van der Waals surface area contributed by atoms with E-state index < -0.39 is 0 Å². The molecule has 132 valence electrons. The number of hydrogen-bond acceptors (Lipinski definition) is 2. The van der Waals surface area contributed by atoms with Crippen molar-refractivity contribution in [2.24, 2.45) is 5.92 Å². The van der Waals surface area contributed by atoms with Crippen molar-refractivity contribution in [3.05, 3.63) is 24.3 Å². The van der Waals surface area contributed by atoms with Gasteiger partial charge in [0.05, 0.1) is 0 Å². The molecular weight excluding hydrogens is 279 g/mol. The maximum atomic E-state index is 4.13. The van der Waals surface area contributed by atoms with Crippen LogP contribution >= 0.6 is 0 Å². The van der Waals surface area contributed by atoms with Crippen LogP contribution in [0.5, 0.6) is 0 Å². The molecule has 1 aliphatic carbocycles. The number of hydrogen-bond donors (Lipinski definition) is 2. The smallest absolute Gasteiger partial charge is 0.138 e. The summed E-state index contributed by atoms with van der Waals surface area (Å²) in [6.45, 7) is 8.56. The minimum Gasteiger partial charge on any atom is -0.324 e. The topological polar surface area (TPSA) is 24.1 Å². The Kier molecular flexibility index (Phi) is 9.89. The Morgan fingerprint density at radius 1 is 1.22 bits per heavy atom. The molecule has 0 radical (unpaired) electrons. The first-order valence-electron chi connectivity index (χ1n) is 9.72. The molecule has 0 aromatic heterocycles. The lowest BCUT2D eigenvalue weighted by Gasteiger charge is -2.36. The molecule has 0 aromatic rings. The van der Waals surface area contributed by atoms with E-state index in [1.54, 1.807) is 0 Å². The molecule has 1 fully saturated rings. The van der Waals surface area contributed by atoms with Crippen molar-refractivity contribution < 1.29 is 0 Å². The zero-order chi connectivity index (χ0) is 17.1. The van der Waals surface area contributed by atoms with E-state index in [1.807, 2.05) is 0 Å². The minimum absolute atomic E-state index is 0.361. The van der Waals surface area contributed by atoms with Gasteiger partial charge in [0.2, 0.25) is 0 Å². The normalized spacial score (nSPS) is 20.3. The maximum Gasteiger partial charge on any atom is 0.138 e. The van der Waals surface area contributed by atoms with Crippen LogP contribution in [0.4, 0.5) is 0 Å². The van der Waals surface area contributed by atoms with Gasteiger partial charge in [-0.3, -0.25) is 0 Å². The first kappa shape index (κ1) is 20.5. The molecule has 0 spiro atoms. The van der Waals surface area contributed by atoms with Gasteiger partial charge in [-0.15, -0.1) is 6.58 Å². The lowest BCUT2D eigenvalue weighted by Crippen LogP contribution is -2.44. The van der Waals surface area contributed by atoms with E-state index in [0.717, 1.165) is 6.42 Å². The lowest BCUT2D eigenvalue weighted by molar-refractivity contribution is 0.248. The second-order valence-electron chi connectivity index (χ2n) is 7.62. The summed E-state index contributed by atoms with van der Waals surface area (Å²) in [5.74, 6) is 1.30. The van der Waals surface area contributed by atoms with Crippen molar-refractivity contribution in [2.75, 3.05) is 14.1 Å². The highest BCUT2D eigenvalue weighted by Crippen LogP contribution is 2.31. The largest absolute Gasteiger partial charge is 0.324 e. The van der Waals surface area contributed by atoms with E-state index in [0.29, 0.717) is 17.4 Å². The minimum atomic E-state index is 0.361. The van der Waals surface area contributed by atoms with Gasteiger partial charge >= 0.3 is 0 Å². The molecule has 1 aliphatic rings. The van der Waals surface area contributed by atoms with Crippen molar-refractivity contribution in [3.8, 4) is 0 Å². The SMILES string of the molecule is C=C(C)CC(/C=C/CC1(NC)CCCCC1)CCC(BC)NC. The van der Waals surface area contributed by atoms with Crippen LogP contribution in [-0.2, 0) is 0 Å². The van der Waals surface area contributed by atoms with Crippen LogP contribution < -0.4 is 10.6 Å². The third kappa shape index (κ3) is 7.72. The highest BCUT2D eigenvalue weighted by atomic mass is 14.9. The van der Waals surface area contributed by atoms with Gasteiger partial charge in [-0.25, -0.2) is 0 Å². The van der Waals surface area contributed by atoms with Crippen molar-refractivity contribution in [1.29, 1.82) is 0 Å². The van der Waals surface area contributed by atoms with Gasteiger partial charge in [0.25, 0.3) is 0 Å². The Bertz CT molecular complexity index is 355. The summed E-state index contributed by atoms with van der Waals surface area (Å²) in [5.41, 5.74) is 1.66. The molecule has 0 aromatic carbocycles. The van der Waals surface area contributed by atoms with Gasteiger partial charge in [-0.05, 0) is 71.4 Å². The standard InChI is InChI=1S/C20H39BN2/c1-17(2)16-18(11-12-19(21-3)22-4)10-9-15-20(23-5)13-7-6-8-14-20/h9-10,18-19,21-23H,1,6-8,11-16H2,2-5H3/b10-9+. The fourth-order valence-corrected chi connectivity index (χ4v) is 3.95. The first-order valence-corrected chi connectivity index (χ1v) is 9.72. The molecule has 3 heteroatoms. The fraction of sp³-hybridized carbons (Fsp3) is 0.800. The van der Waals surface area contributed by atoms with Crippen molar-refractivity contribution in [1.82, 2.24) is 10.6 Å². The van der Waals surface area contributed by atoms with E-state index in [-0.39, 0.29) is 0 Å². The third-order valence-corrected chi connectivity index (χ3v) is 5.66. The summed E-state index contributed by atoms with van der Waals surface area (Å²) in [6.07, 6.45) is 16.6. The fourth-order valence-electron chi connectivity index (χ4n) is 3.95. The Labute approximate surface area is 145 Å². The highest BCUT2D eigenvalue weighted by molar-refractivity contribution is 6.35. The van der Waals surface area contributed by atoms with E-state index >= 15 is 0 Å². The molecule has 0 bridgehead atoms. The molecule has 0 heterocycles. The number of allylic oxidation sites excluding steroid dienone is 2. The Morgan fingerprint density at radius 2 is 1.91 bits per heavy atom. The Hall–Kier alpha value is -0.535. The van der Waals surface area contributed by atoms with Crippen LogP contribution in [0.15, 0.2) is 24.3 Å². The predicted molar refractivity (Wildman–Crippen MR) is 107 cm³/mol. The molecule has 2 N–H and O–H groups in total. The van der Waals surface area contributed by atoms with Crippen molar-refractivity contribution in [3.63, 3.8) is 0 Å². The second-order valence-corrected chi connectivity index (χ2v) is 7.62. The van der Waals surface area contributed by atoms with Crippen LogP contribution in [-0.4, -0.2) is 32.9 Å². The third-order valence-electron chi connectivity index (χ3n) is 5.66. The highest BCUT2D eigenvalue weighted by Gasteiger charge is 2.28. The number of rotatable bonds is 11. The van der Waals surface area contributed by atoms with Gasteiger partial charge in [-0.1, -0.05) is 43.8 Å². The van der Waals surface area contributed by atoms with Gasteiger partial charge in [0.1, 0.15) is 7.28 Å². The predicted octanol–water partition coefficient (Wildman–Crippen LogP) is 4.25. The van der Waals surface area contributed by atoms with Gasteiger partial charge < -0.3 is 10.6 Å². The van der Waals surface area contributed by atoms with Crippen molar-refractivity contribution >= 4 is 7.28 Å². The molecule has 23 heavy (non-hydrogen) atoms. The molecule has 0 amide bonds. The summed E-state index contributed by atoms with van der Waals surface area (Å²) in [6, 6.07) is 0. The Balaban J connectivity index is 2.55. The lowest BCUT2D eigenvalue weighted by atomic mass is 9.69. The monoisotopic (exact) mass is 318 g/mol. The Morgan fingerprint density at radius 3 is 2.43 bits per heavy atom. The summed E-state index contributed by atoms with van der Waals surface area (Å²) in [5, 5.41) is 7.05. The summed E-state index contributed by atoms with van der Waals surface area (Å²) in [7, 11) is 5.43. The van der Waals surface area contributed by atoms with Crippen molar-refractivity contribution in [2.45, 2.75) is 83.0 Å². The van der Waals surface area contributed by atoms with Crippen LogP contribution in [0.25, 0.3) is 0 Å². The van der Waals surface area contributed by atoms with Crippen LogP contribution in [0.2, 0.25) is 6.82 Å². The maximum absolute atomic E-state index is 4.13. The quantitative estimate of drug-likeness (QED) is 0.440. The summed E-state index contributed by atoms with van der Waals surface area (Å²) in [4.78, 5) is 0. The second kappa shape index (κ2) is 11.1. The molecule has 1 saturated carbocycles. The number of nitrogens with one attached hydrogen (secondary N) is 2. The van der Waals surface area contributed by atoms with Gasteiger partial charge in [0.15, 0.2) is 0 Å². The van der Waals surface area contributed by atoms with E-state index in [2.05, 4.69) is 57.2 Å². The molecule has 2 atom stereocenters. The molecule has 2 nitrogen and oxygen atoms in total. The molecule has 2 unspecified atom stereocenters. The molecule has 1 rings (SSSR count). The van der Waals surface area contributed by atoms with Crippen LogP contribution in [0.3, 0.4) is 0 Å². The molecule has 0 saturated heterocycles.